The molecule has 0 saturated heterocycles. The van der Waals surface area contributed by atoms with E-state index >= 15 is 0 Å². The summed E-state index contributed by atoms with van der Waals surface area (Å²) in [6.45, 7) is 6.75. The molecule has 0 aliphatic carbocycles. The molecule has 0 spiro atoms. The molecule has 2 N–H and O–H groups in total. The first kappa shape index (κ1) is 8.50. The second-order valence-electron chi connectivity index (χ2n) is 2.55. The van der Waals surface area contributed by atoms with Crippen LogP contribution in [0.1, 0.15) is 16.2 Å². The van der Waals surface area contributed by atoms with Crippen molar-refractivity contribution < 1.29 is 0 Å². The van der Waals surface area contributed by atoms with Crippen LogP contribution in [0.25, 0.3) is 5.57 Å². The van der Waals surface area contributed by atoms with E-state index in [1.165, 1.54) is 9.75 Å². The van der Waals surface area contributed by atoms with Gasteiger partial charge >= 0.3 is 0 Å². The summed E-state index contributed by atoms with van der Waals surface area (Å²) >= 11 is 1.78. The van der Waals surface area contributed by atoms with E-state index < -0.39 is 0 Å². The summed E-state index contributed by atoms with van der Waals surface area (Å²) < 4.78 is 0. The molecule has 1 rings (SSSR count). The smallest absolute Gasteiger partial charge is 0.0299 e. The minimum absolute atomic E-state index is 0.690. The monoisotopic (exact) mass is 167 g/mol. The summed E-state index contributed by atoms with van der Waals surface area (Å²) in [5.74, 6) is 0. The molecule has 0 aromatic carbocycles. The second-order valence-corrected chi connectivity index (χ2v) is 3.84. The first-order valence-electron chi connectivity index (χ1n) is 3.68. The fourth-order valence-electron chi connectivity index (χ4n) is 0.922. The van der Waals surface area contributed by atoms with Crippen molar-refractivity contribution in [1.29, 1.82) is 0 Å². The molecule has 1 aromatic rings. The van der Waals surface area contributed by atoms with Crippen LogP contribution in [-0.2, 0) is 0 Å². The van der Waals surface area contributed by atoms with Gasteiger partial charge in [-0.2, -0.15) is 0 Å². The highest BCUT2D eigenvalue weighted by atomic mass is 32.1. The van der Waals surface area contributed by atoms with Crippen LogP contribution >= 0.6 is 11.3 Å². The lowest BCUT2D eigenvalue weighted by atomic mass is 10.2. The highest BCUT2D eigenvalue weighted by molar-refractivity contribution is 7.13. The Labute approximate surface area is 71.5 Å². The van der Waals surface area contributed by atoms with Gasteiger partial charge in [0.05, 0.1) is 0 Å². The highest BCUT2D eigenvalue weighted by Crippen LogP contribution is 2.23. The summed E-state index contributed by atoms with van der Waals surface area (Å²) in [4.78, 5) is 2.60. The quantitative estimate of drug-likeness (QED) is 0.735. The molecule has 1 heterocycles. The fraction of sp³-hybridized carbons (Fsp3) is 0.333. The van der Waals surface area contributed by atoms with Crippen LogP contribution in [0.2, 0.25) is 0 Å². The summed E-state index contributed by atoms with van der Waals surface area (Å²) in [6.07, 6.45) is 0.903. The first-order valence-corrected chi connectivity index (χ1v) is 4.50. The highest BCUT2D eigenvalue weighted by Gasteiger charge is 1.99. The largest absolute Gasteiger partial charge is 0.330 e. The normalized spacial score (nSPS) is 10.0. The lowest BCUT2D eigenvalue weighted by Crippen LogP contribution is -1.98. The third-order valence-corrected chi connectivity index (χ3v) is 2.64. The predicted molar refractivity (Wildman–Crippen MR) is 51.8 cm³/mol. The van der Waals surface area contributed by atoms with Gasteiger partial charge in [-0.3, -0.25) is 0 Å². The first-order chi connectivity index (χ1) is 5.24. The molecule has 11 heavy (non-hydrogen) atoms. The fourth-order valence-corrected chi connectivity index (χ4v) is 1.79. The van der Waals surface area contributed by atoms with Gasteiger partial charge in [-0.1, -0.05) is 6.58 Å². The zero-order chi connectivity index (χ0) is 8.27. The van der Waals surface area contributed by atoms with Crippen LogP contribution in [0.5, 0.6) is 0 Å². The molecule has 0 saturated carbocycles. The van der Waals surface area contributed by atoms with Crippen molar-refractivity contribution in [3.05, 3.63) is 28.5 Å². The minimum atomic E-state index is 0.690. The molecule has 0 amide bonds. The van der Waals surface area contributed by atoms with Crippen molar-refractivity contribution >= 4 is 16.9 Å². The molecule has 0 radical (unpaired) electrons. The molecular formula is C9H13NS. The SMILES string of the molecule is C=C(CCN)c1ccc(C)s1. The zero-order valence-electron chi connectivity index (χ0n) is 6.76. The van der Waals surface area contributed by atoms with E-state index in [-0.39, 0.29) is 0 Å². The molecule has 2 heteroatoms. The second kappa shape index (κ2) is 3.69. The summed E-state index contributed by atoms with van der Waals surface area (Å²) in [5, 5.41) is 0. The van der Waals surface area contributed by atoms with Crippen LogP contribution in [0.3, 0.4) is 0 Å². The Hall–Kier alpha value is -0.600. The van der Waals surface area contributed by atoms with Gasteiger partial charge in [0.25, 0.3) is 0 Å². The summed E-state index contributed by atoms with van der Waals surface area (Å²) in [5.41, 5.74) is 6.58. The van der Waals surface area contributed by atoms with Gasteiger partial charge in [0.2, 0.25) is 0 Å². The lowest BCUT2D eigenvalue weighted by Gasteiger charge is -1.97. The standard InChI is InChI=1S/C9H13NS/c1-7(5-6-10)9-4-3-8(2)11-9/h3-4H,1,5-6,10H2,2H3. The topological polar surface area (TPSA) is 26.0 Å². The van der Waals surface area contributed by atoms with E-state index in [9.17, 15) is 0 Å². The van der Waals surface area contributed by atoms with Gasteiger partial charge in [-0.25, -0.2) is 0 Å². The third-order valence-electron chi connectivity index (χ3n) is 1.53. The molecule has 60 valence electrons. The molecule has 0 aliphatic rings. The van der Waals surface area contributed by atoms with Gasteiger partial charge in [0, 0.05) is 9.75 Å². The average molecular weight is 167 g/mol. The summed E-state index contributed by atoms with van der Waals surface area (Å²) in [7, 11) is 0. The number of rotatable bonds is 3. The van der Waals surface area contributed by atoms with Crippen LogP contribution in [0.4, 0.5) is 0 Å². The molecule has 0 aliphatic heterocycles. The maximum atomic E-state index is 5.42. The van der Waals surface area contributed by atoms with E-state index in [0.717, 1.165) is 12.0 Å². The Morgan fingerprint density at radius 2 is 2.36 bits per heavy atom. The number of aryl methyl sites for hydroxylation is 1. The van der Waals surface area contributed by atoms with Crippen LogP contribution in [0.15, 0.2) is 18.7 Å². The lowest BCUT2D eigenvalue weighted by molar-refractivity contribution is 1.03. The van der Waals surface area contributed by atoms with E-state index in [1.54, 1.807) is 11.3 Å². The molecule has 0 bridgehead atoms. The Bertz CT molecular complexity index is 250. The van der Waals surface area contributed by atoms with E-state index in [2.05, 4.69) is 25.6 Å². The van der Waals surface area contributed by atoms with E-state index in [4.69, 9.17) is 5.73 Å². The van der Waals surface area contributed by atoms with Crippen LogP contribution in [-0.4, -0.2) is 6.54 Å². The van der Waals surface area contributed by atoms with Gasteiger partial charge < -0.3 is 5.73 Å². The molecule has 1 nitrogen and oxygen atoms in total. The van der Waals surface area contributed by atoms with Crippen molar-refractivity contribution in [3.8, 4) is 0 Å². The van der Waals surface area contributed by atoms with Gasteiger partial charge in [-0.05, 0) is 37.6 Å². The molecular weight excluding hydrogens is 154 g/mol. The number of thiophene rings is 1. The average Bonchev–Trinajstić information content (AvgIpc) is 2.36. The van der Waals surface area contributed by atoms with Crippen molar-refractivity contribution in [3.63, 3.8) is 0 Å². The zero-order valence-corrected chi connectivity index (χ0v) is 7.58. The minimum Gasteiger partial charge on any atom is -0.330 e. The van der Waals surface area contributed by atoms with Gasteiger partial charge in [0.1, 0.15) is 0 Å². The Morgan fingerprint density at radius 1 is 1.64 bits per heavy atom. The van der Waals surface area contributed by atoms with Crippen molar-refractivity contribution in [2.45, 2.75) is 13.3 Å². The van der Waals surface area contributed by atoms with E-state index in [0.29, 0.717) is 6.54 Å². The number of hydrogen-bond donors (Lipinski definition) is 1. The molecule has 0 fully saturated rings. The van der Waals surface area contributed by atoms with Crippen molar-refractivity contribution in [2.24, 2.45) is 5.73 Å². The molecule has 0 atom stereocenters. The Balaban J connectivity index is 2.69. The molecule has 0 unspecified atom stereocenters. The van der Waals surface area contributed by atoms with Gasteiger partial charge in [-0.15, -0.1) is 11.3 Å². The maximum Gasteiger partial charge on any atom is 0.0299 e. The van der Waals surface area contributed by atoms with Crippen molar-refractivity contribution in [2.75, 3.05) is 6.54 Å². The van der Waals surface area contributed by atoms with Gasteiger partial charge in [0.15, 0.2) is 0 Å². The predicted octanol–water partition coefficient (Wildman–Crippen LogP) is 2.42. The molecule has 1 aromatic heterocycles. The Morgan fingerprint density at radius 3 is 2.82 bits per heavy atom. The maximum absolute atomic E-state index is 5.42. The number of nitrogens with two attached hydrogens (primary N) is 1. The summed E-state index contributed by atoms with van der Waals surface area (Å²) in [6, 6.07) is 4.22. The van der Waals surface area contributed by atoms with Crippen LogP contribution in [0, 0.1) is 6.92 Å². The number of hydrogen-bond acceptors (Lipinski definition) is 2. The Kier molecular flexibility index (Phi) is 2.85. The van der Waals surface area contributed by atoms with Crippen molar-refractivity contribution in [1.82, 2.24) is 0 Å². The third kappa shape index (κ3) is 2.17. The van der Waals surface area contributed by atoms with Crippen LogP contribution < -0.4 is 5.73 Å². The van der Waals surface area contributed by atoms with E-state index in [1.807, 2.05) is 0 Å².